The van der Waals surface area contributed by atoms with Gasteiger partial charge in [-0.05, 0) is 85.2 Å². The number of nitrogens with two attached hydrogens (primary N) is 1. The number of nitrogens with one attached hydrogen (secondary N) is 7. The van der Waals surface area contributed by atoms with Gasteiger partial charge in [-0.1, -0.05) is 133 Å². The van der Waals surface area contributed by atoms with E-state index in [0.29, 0.717) is 5.56 Å². The van der Waals surface area contributed by atoms with Gasteiger partial charge >= 0.3 is 6.03 Å². The Morgan fingerprint density at radius 3 is 1.90 bits per heavy atom. The molecule has 2 aromatic carbocycles. The van der Waals surface area contributed by atoms with Gasteiger partial charge in [0, 0.05) is 60.8 Å². The SMILES string of the molecule is CCc1cc(S(=O)(=O)NC(=O)/C(C)=C/[C@H](C(C)C)N(C)C(=O)[C@@H](NC(=O)[C@@H](NC)C(C)(C)c2ccccc2)C(C)(C)C)ccc1NC(=O)[C@H](CCCNC(N)=O)NC(=O)[C@@H](NC(=O)CC(C)(C)COCC(C)(C)CN1C(=O)C=CC1=O)C(C)C. The Morgan fingerprint density at radius 2 is 1.37 bits per heavy atom. The molecule has 0 aromatic heterocycles. The molecule has 0 fully saturated rings. The summed E-state index contributed by atoms with van der Waals surface area (Å²) < 4.78 is 35.9. The number of carbonyl (C=O) groups excluding carboxylic acids is 9. The molecule has 0 saturated heterocycles. The smallest absolute Gasteiger partial charge is 0.312 e. The van der Waals surface area contributed by atoms with Crippen molar-refractivity contribution in [1.29, 1.82) is 0 Å². The molecule has 466 valence electrons. The molecule has 84 heavy (non-hydrogen) atoms. The predicted molar refractivity (Wildman–Crippen MR) is 323 cm³/mol. The maximum Gasteiger partial charge on any atom is 0.312 e. The number of anilines is 1. The van der Waals surface area contributed by atoms with Crippen molar-refractivity contribution in [1.82, 2.24) is 41.1 Å². The quantitative estimate of drug-likeness (QED) is 0.0281. The second-order valence-electron chi connectivity index (χ2n) is 25.6. The Balaban J connectivity index is 1.78. The molecule has 1 heterocycles. The van der Waals surface area contributed by atoms with Crippen molar-refractivity contribution < 1.29 is 56.3 Å². The van der Waals surface area contributed by atoms with Crippen LogP contribution in [-0.2, 0) is 65.0 Å². The zero-order valence-corrected chi connectivity index (χ0v) is 53.1. The third-order valence-electron chi connectivity index (χ3n) is 14.7. The Morgan fingerprint density at radius 1 is 0.774 bits per heavy atom. The predicted octanol–water partition coefficient (Wildman–Crippen LogP) is 4.98. The van der Waals surface area contributed by atoms with Gasteiger partial charge in [0.2, 0.25) is 29.5 Å². The Labute approximate surface area is 497 Å². The highest BCUT2D eigenvalue weighted by Gasteiger charge is 2.42. The van der Waals surface area contributed by atoms with E-state index < -0.39 is 115 Å². The van der Waals surface area contributed by atoms with E-state index in [1.807, 2.05) is 106 Å². The molecule has 5 atom stereocenters. The fraction of sp³-hybridized carbons (Fsp3) is 0.590. The van der Waals surface area contributed by atoms with Crippen LogP contribution in [0.15, 0.2) is 77.2 Å². The molecule has 0 spiro atoms. The van der Waals surface area contributed by atoms with Gasteiger partial charge in [-0.2, -0.15) is 0 Å². The molecule has 0 aliphatic carbocycles. The van der Waals surface area contributed by atoms with Gasteiger partial charge in [-0.15, -0.1) is 0 Å². The second-order valence-corrected chi connectivity index (χ2v) is 27.3. The van der Waals surface area contributed by atoms with Crippen molar-refractivity contribution >= 4 is 69.0 Å². The second kappa shape index (κ2) is 30.2. The lowest BCUT2D eigenvalue weighted by atomic mass is 9.76. The van der Waals surface area contributed by atoms with E-state index in [0.717, 1.165) is 10.5 Å². The molecule has 1 aliphatic rings. The summed E-state index contributed by atoms with van der Waals surface area (Å²) in [6.45, 7) is 27.6. The van der Waals surface area contributed by atoms with E-state index in [9.17, 15) is 51.6 Å². The number of primary amides is 1. The van der Waals surface area contributed by atoms with Gasteiger partial charge in [-0.3, -0.25) is 43.3 Å². The average Bonchev–Trinajstić information content (AvgIpc) is 3.89. The third kappa shape index (κ3) is 20.7. The van der Waals surface area contributed by atoms with Crippen molar-refractivity contribution in [3.63, 3.8) is 0 Å². The van der Waals surface area contributed by atoms with Crippen molar-refractivity contribution in [2.45, 2.75) is 170 Å². The summed E-state index contributed by atoms with van der Waals surface area (Å²) in [5.41, 5.74) is 4.07. The van der Waals surface area contributed by atoms with Crippen LogP contribution in [0.4, 0.5) is 10.5 Å². The number of carbonyl (C=O) groups is 9. The van der Waals surface area contributed by atoms with Gasteiger partial charge in [0.1, 0.15) is 18.1 Å². The summed E-state index contributed by atoms with van der Waals surface area (Å²) in [5.74, 6) is -5.03. The minimum Gasteiger partial charge on any atom is -0.380 e. The number of hydrogen-bond donors (Lipinski definition) is 8. The Kier molecular flexibility index (Phi) is 25.6. The van der Waals surface area contributed by atoms with Crippen molar-refractivity contribution in [3.8, 4) is 0 Å². The van der Waals surface area contributed by atoms with Crippen LogP contribution in [-0.4, -0.2) is 142 Å². The van der Waals surface area contributed by atoms with Crippen LogP contribution < -0.4 is 42.4 Å². The van der Waals surface area contributed by atoms with Gasteiger partial charge in [-0.25, -0.2) is 17.9 Å². The Hall–Kier alpha value is -6.98. The lowest BCUT2D eigenvalue weighted by Crippen LogP contribution is -2.61. The van der Waals surface area contributed by atoms with E-state index in [-0.39, 0.29) is 80.0 Å². The number of benzene rings is 2. The first-order valence-electron chi connectivity index (χ1n) is 28.5. The van der Waals surface area contributed by atoms with E-state index in [1.165, 1.54) is 48.3 Å². The minimum absolute atomic E-state index is 0.00319. The number of ether oxygens (including phenoxy) is 1. The van der Waals surface area contributed by atoms with Gasteiger partial charge in [0.25, 0.3) is 27.7 Å². The van der Waals surface area contributed by atoms with Crippen LogP contribution in [0, 0.1) is 28.1 Å². The van der Waals surface area contributed by atoms with Crippen LogP contribution in [0.2, 0.25) is 0 Å². The first-order chi connectivity index (χ1) is 38.8. The first-order valence-corrected chi connectivity index (χ1v) is 30.0. The fourth-order valence-electron chi connectivity index (χ4n) is 9.75. The molecule has 2 aromatic rings. The highest BCUT2D eigenvalue weighted by Crippen LogP contribution is 2.30. The standard InChI is InChI=1S/C61H94N10O12S/c1-18-40-32-42(84(81,82)69-52(75)39(6)31-45(37(2)3)70(17)56(79)51(58(7,8)9)68-55(78)50(63-16)61(14,15)41-23-20-19-21-24-41)26-27-43(40)65-53(76)44(25-22-30-64-57(62)80)66-54(77)49(38(4)5)67-46(72)33-59(10,11)35-83-36-60(12,13)34-71-47(73)28-29-48(71)74/h19-21,23-24,26-29,31-32,37-38,44-45,49-51,63H,18,22,25,30,33-36H2,1-17H3,(H,65,76)(H,66,77)(H,67,72)(H,68,78)(H,69,75)(H3,62,64,80)/b39-31+/t44-,45+,49-,50+,51+/m0/s1. The van der Waals surface area contributed by atoms with Crippen molar-refractivity contribution in [3.05, 3.63) is 83.5 Å². The summed E-state index contributed by atoms with van der Waals surface area (Å²) >= 11 is 0. The van der Waals surface area contributed by atoms with E-state index in [4.69, 9.17) is 10.5 Å². The minimum atomic E-state index is -4.53. The molecule has 0 bridgehead atoms. The summed E-state index contributed by atoms with van der Waals surface area (Å²) in [6, 6.07) is 7.96. The normalized spacial score (nSPS) is 15.2. The Bertz CT molecular complexity index is 2860. The number of amides is 10. The van der Waals surface area contributed by atoms with Crippen LogP contribution in [0.5, 0.6) is 0 Å². The monoisotopic (exact) mass is 1190 g/mol. The maximum absolute atomic E-state index is 14.5. The number of sulfonamides is 1. The molecule has 1 aliphatic heterocycles. The summed E-state index contributed by atoms with van der Waals surface area (Å²) in [5, 5.41) is 17.0. The number of rotatable bonds is 31. The molecule has 0 radical (unpaired) electrons. The lowest BCUT2D eigenvalue weighted by molar-refractivity contribution is -0.141. The molecule has 23 heteroatoms. The molecule has 3 rings (SSSR count). The molecule has 0 unspecified atom stereocenters. The summed E-state index contributed by atoms with van der Waals surface area (Å²) in [7, 11) is -1.27. The molecule has 10 amide bonds. The fourth-order valence-corrected chi connectivity index (χ4v) is 10.8. The maximum atomic E-state index is 14.5. The van der Waals surface area contributed by atoms with Crippen LogP contribution in [0.1, 0.15) is 134 Å². The van der Waals surface area contributed by atoms with Gasteiger partial charge < -0.3 is 47.3 Å². The molecule has 9 N–H and O–H groups in total. The van der Waals surface area contributed by atoms with Gasteiger partial charge in [0.05, 0.1) is 30.2 Å². The largest absolute Gasteiger partial charge is 0.380 e. The number of nitrogens with zero attached hydrogens (tertiary/aromatic N) is 2. The number of aryl methyl sites for hydroxylation is 1. The third-order valence-corrected chi connectivity index (χ3v) is 16.0. The zero-order valence-electron chi connectivity index (χ0n) is 52.3. The molecule has 0 saturated carbocycles. The highest BCUT2D eigenvalue weighted by molar-refractivity contribution is 7.90. The van der Waals surface area contributed by atoms with E-state index >= 15 is 0 Å². The topological polar surface area (TPSA) is 314 Å². The first kappa shape index (κ1) is 71.3. The number of urea groups is 1. The van der Waals surface area contributed by atoms with E-state index in [1.54, 1.807) is 34.9 Å². The van der Waals surface area contributed by atoms with Crippen LogP contribution in [0.3, 0.4) is 0 Å². The summed E-state index contributed by atoms with van der Waals surface area (Å²) in [4.78, 5) is 122. The number of imide groups is 1. The highest BCUT2D eigenvalue weighted by atomic mass is 32.2. The molecule has 22 nitrogen and oxygen atoms in total. The summed E-state index contributed by atoms with van der Waals surface area (Å²) in [6.07, 6.45) is 4.35. The van der Waals surface area contributed by atoms with Crippen molar-refractivity contribution in [2.24, 2.45) is 33.8 Å². The number of hydrogen-bond acceptors (Lipinski definition) is 13. The average molecular weight is 1190 g/mol. The molecular weight excluding hydrogens is 1100 g/mol. The van der Waals surface area contributed by atoms with Crippen molar-refractivity contribution in [2.75, 3.05) is 45.7 Å². The van der Waals surface area contributed by atoms with Crippen LogP contribution >= 0.6 is 0 Å². The van der Waals surface area contributed by atoms with Crippen LogP contribution in [0.25, 0.3) is 0 Å². The van der Waals surface area contributed by atoms with Gasteiger partial charge in [0.15, 0.2) is 0 Å². The lowest BCUT2D eigenvalue weighted by Gasteiger charge is -2.40. The number of likely N-dealkylation sites (N-methyl/N-ethyl adjacent to an activating group) is 2. The molecular formula is C61H94N10O12S. The zero-order chi connectivity index (χ0) is 63.9. The van der Waals surface area contributed by atoms with E-state index in [2.05, 4.69) is 36.6 Å².